The number of amides is 2. The van der Waals surface area contributed by atoms with Gasteiger partial charge in [-0.25, -0.2) is 0 Å². The maximum Gasteiger partial charge on any atom is 0.243 e. The summed E-state index contributed by atoms with van der Waals surface area (Å²) in [7, 11) is 0. The van der Waals surface area contributed by atoms with E-state index in [2.05, 4.69) is 0 Å². The second kappa shape index (κ2) is 6.09. The fourth-order valence-electron chi connectivity index (χ4n) is 2.09. The number of hydrogen-bond donors (Lipinski definition) is 0. The van der Waals surface area contributed by atoms with Gasteiger partial charge >= 0.3 is 0 Å². The maximum atomic E-state index is 12.1. The first kappa shape index (κ1) is 14.6. The Hall–Kier alpha value is -1.82. The SMILES string of the molecule is CCCN1C(=O)C[C@@H](Sc2ccccc2C(=O)[O-])C1=O. The van der Waals surface area contributed by atoms with Gasteiger partial charge in [0.15, 0.2) is 0 Å². The summed E-state index contributed by atoms with van der Waals surface area (Å²) in [6.07, 6.45) is 0.829. The minimum absolute atomic E-state index is 0.0479. The molecule has 2 rings (SSSR count). The van der Waals surface area contributed by atoms with Crippen LogP contribution in [0.5, 0.6) is 0 Å². The van der Waals surface area contributed by atoms with Gasteiger partial charge < -0.3 is 9.90 Å². The lowest BCUT2D eigenvalue weighted by Gasteiger charge is -2.14. The Labute approximate surface area is 121 Å². The molecule has 0 aliphatic carbocycles. The van der Waals surface area contributed by atoms with E-state index in [0.717, 1.165) is 11.8 Å². The van der Waals surface area contributed by atoms with Crippen LogP contribution in [0.25, 0.3) is 0 Å². The van der Waals surface area contributed by atoms with Crippen LogP contribution < -0.4 is 5.11 Å². The minimum Gasteiger partial charge on any atom is -0.545 e. The molecule has 0 radical (unpaired) electrons. The van der Waals surface area contributed by atoms with Crippen molar-refractivity contribution in [2.24, 2.45) is 0 Å². The number of thioether (sulfide) groups is 1. The lowest BCUT2D eigenvalue weighted by atomic mass is 10.2. The van der Waals surface area contributed by atoms with E-state index < -0.39 is 11.2 Å². The van der Waals surface area contributed by atoms with Gasteiger partial charge in [0.1, 0.15) is 0 Å². The van der Waals surface area contributed by atoms with Crippen molar-refractivity contribution in [3.05, 3.63) is 29.8 Å². The van der Waals surface area contributed by atoms with Gasteiger partial charge in [-0.2, -0.15) is 0 Å². The Kier molecular flexibility index (Phi) is 4.44. The number of aromatic carboxylic acids is 1. The van der Waals surface area contributed by atoms with Crippen molar-refractivity contribution in [2.45, 2.75) is 29.9 Å². The molecule has 0 bridgehead atoms. The molecule has 0 spiro atoms. The summed E-state index contributed by atoms with van der Waals surface area (Å²) in [6.45, 7) is 2.31. The van der Waals surface area contributed by atoms with Crippen molar-refractivity contribution in [1.82, 2.24) is 4.90 Å². The third kappa shape index (κ3) is 2.85. The molecule has 2 amide bonds. The summed E-state index contributed by atoms with van der Waals surface area (Å²) in [5, 5.41) is 10.5. The Morgan fingerprint density at radius 1 is 1.40 bits per heavy atom. The number of carbonyl (C=O) groups excluding carboxylic acids is 3. The van der Waals surface area contributed by atoms with Crippen molar-refractivity contribution < 1.29 is 19.5 Å². The van der Waals surface area contributed by atoms with Gasteiger partial charge in [-0.15, -0.1) is 11.8 Å². The average Bonchev–Trinajstić information content (AvgIpc) is 2.67. The van der Waals surface area contributed by atoms with Crippen LogP contribution in [0.15, 0.2) is 29.2 Å². The molecular formula is C14H14NO4S-. The van der Waals surface area contributed by atoms with Gasteiger partial charge in [-0.3, -0.25) is 14.5 Å². The molecule has 1 aliphatic rings. The lowest BCUT2D eigenvalue weighted by Crippen LogP contribution is -2.32. The standard InChI is InChI=1S/C14H15NO4S/c1-2-7-15-12(16)8-11(13(15)17)20-10-6-4-3-5-9(10)14(18)19/h3-6,11H,2,7-8H2,1H3,(H,18,19)/p-1/t11-/m1/s1. The molecule has 0 unspecified atom stereocenters. The largest absolute Gasteiger partial charge is 0.545 e. The first-order valence-corrected chi connectivity index (χ1v) is 7.23. The summed E-state index contributed by atoms with van der Waals surface area (Å²) in [6, 6.07) is 6.35. The molecule has 1 fully saturated rings. The summed E-state index contributed by atoms with van der Waals surface area (Å²) in [5.74, 6) is -1.72. The number of carbonyl (C=O) groups is 3. The molecule has 1 aromatic rings. The molecule has 1 aliphatic heterocycles. The zero-order valence-electron chi connectivity index (χ0n) is 11.0. The second-order valence-corrected chi connectivity index (χ2v) is 5.72. The van der Waals surface area contributed by atoms with Crippen LogP contribution in [0.2, 0.25) is 0 Å². The molecular weight excluding hydrogens is 278 g/mol. The minimum atomic E-state index is -1.28. The summed E-state index contributed by atoms with van der Waals surface area (Å²) >= 11 is 1.11. The molecule has 1 saturated heterocycles. The third-order valence-electron chi connectivity index (χ3n) is 3.03. The van der Waals surface area contributed by atoms with E-state index in [1.165, 1.54) is 11.0 Å². The van der Waals surface area contributed by atoms with E-state index in [9.17, 15) is 19.5 Å². The van der Waals surface area contributed by atoms with Gasteiger partial charge in [0.2, 0.25) is 11.8 Å². The van der Waals surface area contributed by atoms with Gasteiger partial charge in [0, 0.05) is 23.4 Å². The topological polar surface area (TPSA) is 77.5 Å². The third-order valence-corrected chi connectivity index (χ3v) is 4.29. The van der Waals surface area contributed by atoms with E-state index in [-0.39, 0.29) is 23.8 Å². The zero-order chi connectivity index (χ0) is 14.7. The number of carboxylic acid groups (broad SMARTS) is 1. The summed E-state index contributed by atoms with van der Waals surface area (Å²) in [4.78, 5) is 36.6. The van der Waals surface area contributed by atoms with Gasteiger partial charge in [-0.1, -0.05) is 25.1 Å². The highest BCUT2D eigenvalue weighted by atomic mass is 32.2. The Balaban J connectivity index is 2.18. The zero-order valence-corrected chi connectivity index (χ0v) is 11.8. The molecule has 0 N–H and O–H groups in total. The molecule has 5 nitrogen and oxygen atoms in total. The highest BCUT2D eigenvalue weighted by Crippen LogP contribution is 2.33. The predicted molar refractivity (Wildman–Crippen MR) is 72.0 cm³/mol. The van der Waals surface area contributed by atoms with Gasteiger partial charge in [0.05, 0.1) is 11.2 Å². The molecule has 0 aromatic heterocycles. The molecule has 106 valence electrons. The molecule has 1 aromatic carbocycles. The van der Waals surface area contributed by atoms with E-state index in [1.807, 2.05) is 6.92 Å². The average molecular weight is 292 g/mol. The number of carboxylic acids is 1. The van der Waals surface area contributed by atoms with Crippen LogP contribution in [-0.2, 0) is 9.59 Å². The Morgan fingerprint density at radius 3 is 2.75 bits per heavy atom. The fraction of sp³-hybridized carbons (Fsp3) is 0.357. The molecule has 1 atom stereocenters. The van der Waals surface area contributed by atoms with Crippen molar-refractivity contribution in [3.63, 3.8) is 0 Å². The molecule has 0 saturated carbocycles. The number of likely N-dealkylation sites (tertiary alicyclic amines) is 1. The monoisotopic (exact) mass is 292 g/mol. The van der Waals surface area contributed by atoms with Gasteiger partial charge in [-0.05, 0) is 12.5 Å². The Morgan fingerprint density at radius 2 is 2.10 bits per heavy atom. The smallest absolute Gasteiger partial charge is 0.243 e. The lowest BCUT2D eigenvalue weighted by molar-refractivity contribution is -0.255. The van der Waals surface area contributed by atoms with Crippen molar-refractivity contribution >= 4 is 29.5 Å². The first-order valence-electron chi connectivity index (χ1n) is 6.35. The van der Waals surface area contributed by atoms with Crippen LogP contribution >= 0.6 is 11.8 Å². The van der Waals surface area contributed by atoms with Crippen molar-refractivity contribution in [2.75, 3.05) is 6.54 Å². The number of rotatable bonds is 5. The quantitative estimate of drug-likeness (QED) is 0.746. The van der Waals surface area contributed by atoms with Crippen molar-refractivity contribution in [3.8, 4) is 0 Å². The van der Waals surface area contributed by atoms with Crippen LogP contribution in [0, 0.1) is 0 Å². The van der Waals surface area contributed by atoms with E-state index in [1.54, 1.807) is 18.2 Å². The van der Waals surface area contributed by atoms with Crippen LogP contribution in [0.3, 0.4) is 0 Å². The number of hydrogen-bond acceptors (Lipinski definition) is 5. The highest BCUT2D eigenvalue weighted by Gasteiger charge is 2.38. The number of benzene rings is 1. The maximum absolute atomic E-state index is 12.1. The predicted octanol–water partition coefficient (Wildman–Crippen LogP) is 0.680. The molecule has 6 heteroatoms. The van der Waals surface area contributed by atoms with E-state index in [0.29, 0.717) is 17.9 Å². The second-order valence-electron chi connectivity index (χ2n) is 4.48. The molecule has 20 heavy (non-hydrogen) atoms. The summed E-state index contributed by atoms with van der Waals surface area (Å²) in [5.41, 5.74) is 0.0479. The summed E-state index contributed by atoms with van der Waals surface area (Å²) < 4.78 is 0. The van der Waals surface area contributed by atoms with Crippen LogP contribution in [0.4, 0.5) is 0 Å². The Bertz CT molecular complexity index is 558. The molecule has 1 heterocycles. The van der Waals surface area contributed by atoms with Crippen LogP contribution in [-0.4, -0.2) is 34.5 Å². The van der Waals surface area contributed by atoms with E-state index in [4.69, 9.17) is 0 Å². The van der Waals surface area contributed by atoms with E-state index >= 15 is 0 Å². The number of nitrogens with zero attached hydrogens (tertiary/aromatic N) is 1. The normalized spacial score (nSPS) is 18.6. The van der Waals surface area contributed by atoms with Crippen LogP contribution in [0.1, 0.15) is 30.1 Å². The van der Waals surface area contributed by atoms with Crippen molar-refractivity contribution in [1.29, 1.82) is 0 Å². The first-order chi connectivity index (χ1) is 9.54. The number of imide groups is 1. The highest BCUT2D eigenvalue weighted by molar-refractivity contribution is 8.00. The fourth-order valence-corrected chi connectivity index (χ4v) is 3.29. The van der Waals surface area contributed by atoms with Gasteiger partial charge in [0.25, 0.3) is 0 Å².